The third kappa shape index (κ3) is 4.27. The summed E-state index contributed by atoms with van der Waals surface area (Å²) in [6.07, 6.45) is 3.02. The van der Waals surface area contributed by atoms with Crippen LogP contribution in [0.15, 0.2) is 29.3 Å². The zero-order chi connectivity index (χ0) is 22.8. The van der Waals surface area contributed by atoms with Gasteiger partial charge in [-0.3, -0.25) is 14.5 Å². The van der Waals surface area contributed by atoms with Gasteiger partial charge in [0.1, 0.15) is 15.9 Å². The summed E-state index contributed by atoms with van der Waals surface area (Å²) in [7, 11) is 2.62. The second-order valence-electron chi connectivity index (χ2n) is 6.54. The van der Waals surface area contributed by atoms with Gasteiger partial charge >= 0.3 is 5.97 Å². The average molecular weight is 473 g/mol. The van der Waals surface area contributed by atoms with E-state index in [9.17, 15) is 14.4 Å². The molecular weight excluding hydrogens is 456 g/mol. The number of fused-ring (bicyclic) bond motifs is 1. The maximum Gasteiger partial charge on any atom is 0.360 e. The van der Waals surface area contributed by atoms with Crippen LogP contribution in [-0.4, -0.2) is 52.9 Å². The molecule has 32 heavy (non-hydrogen) atoms. The second-order valence-corrected chi connectivity index (χ2v) is 8.26. The Bertz CT molecular complexity index is 1180. The molecule has 4 rings (SSSR count). The lowest BCUT2D eigenvalue weighted by Crippen LogP contribution is -2.38. The fourth-order valence-corrected chi connectivity index (χ4v) is 4.12. The highest BCUT2D eigenvalue weighted by Gasteiger charge is 2.28. The third-order valence-electron chi connectivity index (χ3n) is 4.57. The predicted octanol–water partition coefficient (Wildman–Crippen LogP) is 1.69. The number of esters is 1. The molecule has 0 spiro atoms. The highest BCUT2D eigenvalue weighted by Crippen LogP contribution is 2.35. The van der Waals surface area contributed by atoms with Crippen molar-refractivity contribution in [1.29, 1.82) is 0 Å². The molecule has 0 atom stereocenters. The van der Waals surface area contributed by atoms with E-state index in [1.54, 1.807) is 24.3 Å². The van der Waals surface area contributed by atoms with Gasteiger partial charge in [-0.05, 0) is 23.8 Å². The van der Waals surface area contributed by atoms with Crippen molar-refractivity contribution >= 4 is 57.8 Å². The van der Waals surface area contributed by atoms with Crippen molar-refractivity contribution in [3.63, 3.8) is 0 Å². The first-order valence-corrected chi connectivity index (χ1v) is 10.4. The van der Waals surface area contributed by atoms with Crippen molar-refractivity contribution in [1.82, 2.24) is 15.3 Å². The molecule has 0 radical (unpaired) electrons. The Morgan fingerprint density at radius 3 is 2.88 bits per heavy atom. The van der Waals surface area contributed by atoms with Crippen molar-refractivity contribution in [2.45, 2.75) is 6.54 Å². The summed E-state index contributed by atoms with van der Waals surface area (Å²) in [5, 5.41) is 2.56. The number of thiocarbonyl (C=S) groups is 1. The van der Waals surface area contributed by atoms with Gasteiger partial charge in [0.25, 0.3) is 11.8 Å². The number of aromatic nitrogens is 2. The Morgan fingerprint density at radius 1 is 1.38 bits per heavy atom. The molecule has 2 aromatic rings. The van der Waals surface area contributed by atoms with E-state index in [1.807, 2.05) is 0 Å². The number of methoxy groups -OCH3 is 2. The highest BCUT2D eigenvalue weighted by atomic mass is 32.2. The molecular formula is C20H16N4O6S2. The van der Waals surface area contributed by atoms with Gasteiger partial charge in [-0.25, -0.2) is 14.8 Å². The summed E-state index contributed by atoms with van der Waals surface area (Å²) in [6, 6.07) is 5.21. The minimum absolute atomic E-state index is 0.0114. The number of thioether (sulfide) groups is 1. The minimum Gasteiger partial charge on any atom is -0.493 e. The maximum absolute atomic E-state index is 12.6. The zero-order valence-corrected chi connectivity index (χ0v) is 18.5. The first-order valence-electron chi connectivity index (χ1n) is 9.20. The van der Waals surface area contributed by atoms with Gasteiger partial charge in [-0.2, -0.15) is 0 Å². The summed E-state index contributed by atoms with van der Waals surface area (Å²) < 4.78 is 15.8. The smallest absolute Gasteiger partial charge is 0.360 e. The Hall–Kier alpha value is -3.51. The van der Waals surface area contributed by atoms with Gasteiger partial charge < -0.3 is 19.5 Å². The Labute approximate surface area is 191 Å². The van der Waals surface area contributed by atoms with E-state index in [-0.39, 0.29) is 42.2 Å². The van der Waals surface area contributed by atoms with E-state index in [2.05, 4.69) is 15.3 Å². The van der Waals surface area contributed by atoms with Crippen molar-refractivity contribution in [3.8, 4) is 11.5 Å². The third-order valence-corrected chi connectivity index (χ3v) is 5.73. The fraction of sp³-hybridized carbons (Fsp3) is 0.200. The average Bonchev–Trinajstić information content (AvgIpc) is 3.11. The van der Waals surface area contributed by atoms with Gasteiger partial charge in [0.05, 0.1) is 37.6 Å². The molecule has 1 N–H and O–H groups in total. The summed E-state index contributed by atoms with van der Waals surface area (Å²) >= 11 is 6.17. The van der Waals surface area contributed by atoms with Crippen LogP contribution < -0.4 is 19.7 Å². The number of nitrogens with zero attached hydrogens (tertiary/aromatic N) is 3. The SMILES string of the molecule is COC(=O)c1nc(CN2C(=O)COc3ccc(C=C4SC(=S)NC4=O)cc32)ncc1OC. The van der Waals surface area contributed by atoms with Crippen LogP contribution in [0, 0.1) is 0 Å². The molecule has 0 aliphatic carbocycles. The second kappa shape index (κ2) is 8.93. The number of carbonyl (C=O) groups is 3. The molecule has 164 valence electrons. The normalized spacial score (nSPS) is 16.5. The van der Waals surface area contributed by atoms with E-state index in [0.717, 1.165) is 11.8 Å². The molecule has 0 bridgehead atoms. The fourth-order valence-electron chi connectivity index (χ4n) is 3.07. The van der Waals surface area contributed by atoms with Crippen LogP contribution >= 0.6 is 24.0 Å². The topological polar surface area (TPSA) is 120 Å². The van der Waals surface area contributed by atoms with Crippen molar-refractivity contribution in [2.24, 2.45) is 0 Å². The van der Waals surface area contributed by atoms with Crippen LogP contribution in [0.2, 0.25) is 0 Å². The molecule has 0 unspecified atom stereocenters. The molecule has 3 heterocycles. The van der Waals surface area contributed by atoms with Crippen LogP contribution in [0.1, 0.15) is 21.9 Å². The quantitative estimate of drug-likeness (QED) is 0.391. The summed E-state index contributed by atoms with van der Waals surface area (Å²) in [5.41, 5.74) is 1.13. The first kappa shape index (κ1) is 21.7. The van der Waals surface area contributed by atoms with Gasteiger partial charge in [-0.15, -0.1) is 0 Å². The lowest BCUT2D eigenvalue weighted by atomic mass is 10.1. The summed E-state index contributed by atoms with van der Waals surface area (Å²) in [4.78, 5) is 46.9. The van der Waals surface area contributed by atoms with E-state index in [1.165, 1.54) is 25.3 Å². The van der Waals surface area contributed by atoms with Crippen molar-refractivity contribution < 1.29 is 28.6 Å². The molecule has 1 aromatic carbocycles. The number of benzene rings is 1. The van der Waals surface area contributed by atoms with Crippen molar-refractivity contribution in [3.05, 3.63) is 46.4 Å². The summed E-state index contributed by atoms with van der Waals surface area (Å²) in [6.45, 7) is -0.164. The van der Waals surface area contributed by atoms with Crippen molar-refractivity contribution in [2.75, 3.05) is 25.7 Å². The molecule has 2 amide bonds. The lowest BCUT2D eigenvalue weighted by Gasteiger charge is -2.29. The number of carbonyl (C=O) groups excluding carboxylic acids is 3. The van der Waals surface area contributed by atoms with Crippen LogP contribution in [0.5, 0.6) is 11.5 Å². The molecule has 1 aromatic heterocycles. The number of hydrogen-bond acceptors (Lipinski definition) is 10. The molecule has 2 aliphatic rings. The number of amides is 2. The lowest BCUT2D eigenvalue weighted by molar-refractivity contribution is -0.121. The van der Waals surface area contributed by atoms with Crippen LogP contribution in [-0.2, 0) is 20.9 Å². The summed E-state index contributed by atoms with van der Waals surface area (Å²) in [5.74, 6) is -0.397. The molecule has 10 nitrogen and oxygen atoms in total. The number of hydrogen-bond donors (Lipinski definition) is 1. The molecule has 2 aliphatic heterocycles. The van der Waals surface area contributed by atoms with Gasteiger partial charge in [0.15, 0.2) is 18.1 Å². The minimum atomic E-state index is -0.682. The van der Waals surface area contributed by atoms with Gasteiger partial charge in [0.2, 0.25) is 0 Å². The molecule has 0 saturated carbocycles. The Balaban J connectivity index is 1.67. The first-order chi connectivity index (χ1) is 15.4. The molecule has 1 saturated heterocycles. The van der Waals surface area contributed by atoms with Crippen LogP contribution in [0.3, 0.4) is 0 Å². The molecule has 12 heteroatoms. The van der Waals surface area contributed by atoms with E-state index in [4.69, 9.17) is 26.4 Å². The Morgan fingerprint density at radius 2 is 2.19 bits per heavy atom. The van der Waals surface area contributed by atoms with E-state index >= 15 is 0 Å². The monoisotopic (exact) mass is 472 g/mol. The van der Waals surface area contributed by atoms with Gasteiger partial charge in [0, 0.05) is 0 Å². The number of anilines is 1. The van der Waals surface area contributed by atoms with Crippen LogP contribution in [0.4, 0.5) is 5.69 Å². The van der Waals surface area contributed by atoms with E-state index in [0.29, 0.717) is 26.2 Å². The largest absolute Gasteiger partial charge is 0.493 e. The van der Waals surface area contributed by atoms with Gasteiger partial charge in [-0.1, -0.05) is 30.0 Å². The predicted molar refractivity (Wildman–Crippen MR) is 119 cm³/mol. The molecule has 1 fully saturated rings. The number of nitrogens with one attached hydrogen (secondary N) is 1. The van der Waals surface area contributed by atoms with E-state index < -0.39 is 5.97 Å². The Kier molecular flexibility index (Phi) is 6.06. The standard InChI is InChI=1S/C20H16N4O6S2/c1-28-13-7-21-15(22-17(13)19(27)29-2)8-24-11-5-10(3-4-12(11)30-9-16(24)25)6-14-18(26)23-20(31)32-14/h3-7H,8-9H2,1-2H3,(H,23,26,31). The number of rotatable bonds is 5. The maximum atomic E-state index is 12.6. The number of ether oxygens (including phenoxy) is 3. The van der Waals surface area contributed by atoms with Crippen LogP contribution in [0.25, 0.3) is 6.08 Å². The zero-order valence-electron chi connectivity index (χ0n) is 16.9. The highest BCUT2D eigenvalue weighted by molar-refractivity contribution is 8.26.